The van der Waals surface area contributed by atoms with E-state index in [-0.39, 0.29) is 0 Å². The molecule has 0 saturated heterocycles. The number of aromatic nitrogens is 2. The molecule has 3 heteroatoms. The molecule has 0 spiro atoms. The minimum Gasteiger partial charge on any atom is -0.317 e. The second-order valence-corrected chi connectivity index (χ2v) is 4.06. The molecule has 0 aliphatic rings. The van der Waals surface area contributed by atoms with Crippen LogP contribution in [0.4, 0.5) is 0 Å². The van der Waals surface area contributed by atoms with Gasteiger partial charge in [0.15, 0.2) is 0 Å². The maximum Gasteiger partial charge on any atom is 0.0596 e. The van der Waals surface area contributed by atoms with Gasteiger partial charge < -0.3 is 5.32 Å². The van der Waals surface area contributed by atoms with Crippen molar-refractivity contribution < 1.29 is 0 Å². The Balaban J connectivity index is 2.12. The van der Waals surface area contributed by atoms with Gasteiger partial charge >= 0.3 is 0 Å². The van der Waals surface area contributed by atoms with E-state index >= 15 is 0 Å². The molecular weight excluding hydrogens is 186 g/mol. The average Bonchev–Trinajstić information content (AvgIpc) is 2.51. The quantitative estimate of drug-likeness (QED) is 0.698. The molecule has 1 N–H and O–H groups in total. The predicted octanol–water partition coefficient (Wildman–Crippen LogP) is 2.28. The molecular formula is C12H23N3. The molecule has 3 nitrogen and oxygen atoms in total. The normalized spacial score (nSPS) is 10.9. The largest absolute Gasteiger partial charge is 0.317 e. The molecule has 0 unspecified atom stereocenters. The Bertz CT molecular complexity index is 278. The first kappa shape index (κ1) is 12.2. The highest BCUT2D eigenvalue weighted by Crippen LogP contribution is 2.04. The van der Waals surface area contributed by atoms with E-state index in [1.54, 1.807) is 0 Å². The summed E-state index contributed by atoms with van der Waals surface area (Å²) >= 11 is 0. The number of hydrogen-bond donors (Lipinski definition) is 1. The molecule has 1 aromatic heterocycles. The van der Waals surface area contributed by atoms with Crippen molar-refractivity contribution in [2.75, 3.05) is 13.1 Å². The second-order valence-electron chi connectivity index (χ2n) is 4.06. The van der Waals surface area contributed by atoms with Crippen molar-refractivity contribution in [2.45, 2.75) is 46.6 Å². The number of nitrogens with one attached hydrogen (secondary N) is 1. The Labute approximate surface area is 92.9 Å². The molecule has 0 radical (unpaired) electrons. The fraction of sp³-hybridized carbons (Fsp3) is 0.750. The Hall–Kier alpha value is -0.830. The van der Waals surface area contributed by atoms with Crippen LogP contribution in [0.1, 0.15) is 37.6 Å². The summed E-state index contributed by atoms with van der Waals surface area (Å²) in [5, 5.41) is 7.79. The van der Waals surface area contributed by atoms with Gasteiger partial charge in [-0.15, -0.1) is 0 Å². The number of hydrogen-bond acceptors (Lipinski definition) is 2. The minimum atomic E-state index is 1.06. The van der Waals surface area contributed by atoms with Crippen LogP contribution in [0.25, 0.3) is 0 Å². The van der Waals surface area contributed by atoms with Gasteiger partial charge in [-0.1, -0.05) is 13.3 Å². The van der Waals surface area contributed by atoms with Crippen LogP contribution in [-0.2, 0) is 6.54 Å². The van der Waals surface area contributed by atoms with Gasteiger partial charge in [0.05, 0.1) is 5.69 Å². The number of unbranched alkanes of at least 4 members (excludes halogenated alkanes) is 2. The van der Waals surface area contributed by atoms with Crippen molar-refractivity contribution in [1.82, 2.24) is 15.1 Å². The molecule has 86 valence electrons. The van der Waals surface area contributed by atoms with Crippen molar-refractivity contribution in [2.24, 2.45) is 0 Å². The van der Waals surface area contributed by atoms with Crippen LogP contribution < -0.4 is 5.32 Å². The number of aryl methyl sites for hydroxylation is 3. The molecule has 1 aromatic rings. The third-order valence-corrected chi connectivity index (χ3v) is 2.58. The molecule has 0 aliphatic heterocycles. The maximum absolute atomic E-state index is 4.45. The van der Waals surface area contributed by atoms with E-state index in [2.05, 4.69) is 41.9 Å². The summed E-state index contributed by atoms with van der Waals surface area (Å²) < 4.78 is 2.11. The van der Waals surface area contributed by atoms with Gasteiger partial charge in [-0.3, -0.25) is 4.68 Å². The summed E-state index contributed by atoms with van der Waals surface area (Å²) in [5.74, 6) is 0. The molecule has 0 aromatic carbocycles. The maximum atomic E-state index is 4.45. The standard InChI is InChI=1S/C12H23N3/c1-4-13-8-6-5-7-9-15-12(3)10-11(2)14-15/h10,13H,4-9H2,1-3H3. The van der Waals surface area contributed by atoms with E-state index in [4.69, 9.17) is 0 Å². The highest BCUT2D eigenvalue weighted by Gasteiger charge is 1.99. The van der Waals surface area contributed by atoms with Crippen LogP contribution in [-0.4, -0.2) is 22.9 Å². The van der Waals surface area contributed by atoms with Crippen LogP contribution in [0.3, 0.4) is 0 Å². The van der Waals surface area contributed by atoms with Gasteiger partial charge in [0.25, 0.3) is 0 Å². The lowest BCUT2D eigenvalue weighted by Gasteiger charge is -2.04. The molecule has 0 saturated carbocycles. The zero-order valence-electron chi connectivity index (χ0n) is 10.2. The SMILES string of the molecule is CCNCCCCCn1nc(C)cc1C. The average molecular weight is 209 g/mol. The summed E-state index contributed by atoms with van der Waals surface area (Å²) in [6.07, 6.45) is 3.78. The van der Waals surface area contributed by atoms with Gasteiger partial charge in [0.2, 0.25) is 0 Å². The topological polar surface area (TPSA) is 29.9 Å². The van der Waals surface area contributed by atoms with E-state index in [0.29, 0.717) is 0 Å². The third kappa shape index (κ3) is 4.47. The molecule has 0 fully saturated rings. The fourth-order valence-corrected chi connectivity index (χ4v) is 1.77. The van der Waals surface area contributed by atoms with Crippen molar-refractivity contribution in [3.63, 3.8) is 0 Å². The highest BCUT2D eigenvalue weighted by molar-refractivity contribution is 5.06. The lowest BCUT2D eigenvalue weighted by molar-refractivity contribution is 0.522. The number of rotatable bonds is 7. The summed E-state index contributed by atoms with van der Waals surface area (Å²) in [6.45, 7) is 9.61. The first-order valence-electron chi connectivity index (χ1n) is 5.96. The van der Waals surface area contributed by atoms with Gasteiger partial charge in [0.1, 0.15) is 0 Å². The van der Waals surface area contributed by atoms with E-state index in [9.17, 15) is 0 Å². The van der Waals surface area contributed by atoms with Crippen molar-refractivity contribution in [3.8, 4) is 0 Å². The van der Waals surface area contributed by atoms with Crippen LogP contribution >= 0.6 is 0 Å². The smallest absolute Gasteiger partial charge is 0.0596 e. The van der Waals surface area contributed by atoms with Gasteiger partial charge in [0, 0.05) is 12.2 Å². The summed E-state index contributed by atoms with van der Waals surface area (Å²) in [4.78, 5) is 0. The Morgan fingerprint density at radius 1 is 1.27 bits per heavy atom. The summed E-state index contributed by atoms with van der Waals surface area (Å²) in [7, 11) is 0. The zero-order valence-corrected chi connectivity index (χ0v) is 10.2. The molecule has 0 aliphatic carbocycles. The van der Waals surface area contributed by atoms with Crippen LogP contribution in [0.5, 0.6) is 0 Å². The van der Waals surface area contributed by atoms with Gasteiger partial charge in [-0.05, 0) is 45.8 Å². The predicted molar refractivity (Wildman–Crippen MR) is 64.1 cm³/mol. The number of nitrogens with zero attached hydrogens (tertiary/aromatic N) is 2. The third-order valence-electron chi connectivity index (χ3n) is 2.58. The van der Waals surface area contributed by atoms with Crippen molar-refractivity contribution in [1.29, 1.82) is 0 Å². The van der Waals surface area contributed by atoms with Crippen molar-refractivity contribution in [3.05, 3.63) is 17.5 Å². The van der Waals surface area contributed by atoms with Crippen molar-refractivity contribution >= 4 is 0 Å². The minimum absolute atomic E-state index is 1.06. The lowest BCUT2D eigenvalue weighted by Crippen LogP contribution is -2.14. The van der Waals surface area contributed by atoms with E-state index in [1.807, 2.05) is 0 Å². The zero-order chi connectivity index (χ0) is 11.1. The summed E-state index contributed by atoms with van der Waals surface area (Å²) in [5.41, 5.74) is 2.40. The van der Waals surface area contributed by atoms with Gasteiger partial charge in [-0.2, -0.15) is 5.10 Å². The highest BCUT2D eigenvalue weighted by atomic mass is 15.3. The fourth-order valence-electron chi connectivity index (χ4n) is 1.77. The molecule has 0 amide bonds. The second kappa shape index (κ2) is 6.62. The lowest BCUT2D eigenvalue weighted by atomic mass is 10.2. The molecule has 15 heavy (non-hydrogen) atoms. The van der Waals surface area contributed by atoms with E-state index in [0.717, 1.165) is 25.3 Å². The summed E-state index contributed by atoms with van der Waals surface area (Å²) in [6, 6.07) is 2.14. The Morgan fingerprint density at radius 3 is 2.67 bits per heavy atom. The first-order valence-corrected chi connectivity index (χ1v) is 5.96. The molecule has 0 atom stereocenters. The Kier molecular flexibility index (Phi) is 5.40. The van der Waals surface area contributed by atoms with Crippen LogP contribution in [0.2, 0.25) is 0 Å². The van der Waals surface area contributed by atoms with Crippen LogP contribution in [0.15, 0.2) is 6.07 Å². The monoisotopic (exact) mass is 209 g/mol. The Morgan fingerprint density at radius 2 is 2.07 bits per heavy atom. The molecule has 1 heterocycles. The molecule has 0 bridgehead atoms. The van der Waals surface area contributed by atoms with Gasteiger partial charge in [-0.25, -0.2) is 0 Å². The molecule has 1 rings (SSSR count). The van der Waals surface area contributed by atoms with E-state index < -0.39 is 0 Å². The van der Waals surface area contributed by atoms with E-state index in [1.165, 1.54) is 25.0 Å². The van der Waals surface area contributed by atoms with Crippen LogP contribution in [0, 0.1) is 13.8 Å². The first-order chi connectivity index (χ1) is 7.24.